The fourth-order valence-electron chi connectivity index (χ4n) is 0.896. The maximum absolute atomic E-state index is 9.70. The first-order chi connectivity index (χ1) is 13.0. The highest BCUT2D eigenvalue weighted by atomic mass is 35.5. The summed E-state index contributed by atoms with van der Waals surface area (Å²) in [5.74, 6) is 1.93. The number of hydrazine groups is 1. The molecule has 1 heterocycles. The van der Waals surface area contributed by atoms with Gasteiger partial charge < -0.3 is 16.5 Å². The maximum atomic E-state index is 9.70. The topological polar surface area (TPSA) is 149 Å². The SMILES string of the molecule is CN=C(C)Cl.CN=C(C)NNC.CNC(C)=O.Cc1nn(C)c[n+]1C.N=CN. The molecule has 0 aromatic carbocycles. The second-order valence-corrected chi connectivity index (χ2v) is 5.37. The summed E-state index contributed by atoms with van der Waals surface area (Å²) < 4.78 is 3.76. The highest BCUT2D eigenvalue weighted by Gasteiger charge is 2.01. The van der Waals surface area contributed by atoms with Gasteiger partial charge in [0, 0.05) is 47.1 Å². The molecule has 1 aromatic heterocycles. The van der Waals surface area contributed by atoms with Crippen LogP contribution >= 0.6 is 11.6 Å². The lowest BCUT2D eigenvalue weighted by atomic mass is 10.7. The van der Waals surface area contributed by atoms with Crippen LogP contribution in [0.1, 0.15) is 26.6 Å². The van der Waals surface area contributed by atoms with E-state index in [2.05, 4.69) is 37.0 Å². The summed E-state index contributed by atoms with van der Waals surface area (Å²) >= 11 is 5.21. The van der Waals surface area contributed by atoms with E-state index in [4.69, 9.17) is 17.0 Å². The largest absolute Gasteiger partial charge is 0.390 e. The standard InChI is InChI=1S/C5H10N3.C4H11N3.C3H6ClN.C3H7NO.CH4N2/c1-5-6-8(3)4-7(5)2;1-4(5-2)7-6-3;1-3(4)5-2;1-3(5)4-2;2-1-3/h4H,1-3H3;6H,1-3H3,(H,5,7);1-2H3;1-2H3,(H,4,5);1H,(H3,2,3)/q+1;;;;. The van der Waals surface area contributed by atoms with Crippen LogP contribution < -0.4 is 26.5 Å². The van der Waals surface area contributed by atoms with Gasteiger partial charge in [-0.15, -0.1) is 4.68 Å². The van der Waals surface area contributed by atoms with Gasteiger partial charge in [-0.2, -0.15) is 0 Å². The third-order valence-electron chi connectivity index (χ3n) is 2.45. The number of aliphatic imine (C=N–C) groups is 2. The molecule has 0 atom stereocenters. The van der Waals surface area contributed by atoms with E-state index in [1.807, 2.05) is 38.8 Å². The number of hydrogen-bond acceptors (Lipinski definition) is 6. The summed E-state index contributed by atoms with van der Waals surface area (Å²) in [6, 6.07) is 0. The molecule has 164 valence electrons. The fourth-order valence-corrected chi connectivity index (χ4v) is 0.896. The Labute approximate surface area is 174 Å². The normalized spacial score (nSPS) is 9.54. The average Bonchev–Trinajstić information content (AvgIpc) is 2.92. The molecule has 0 unspecified atom stereocenters. The second kappa shape index (κ2) is 24.5. The van der Waals surface area contributed by atoms with Gasteiger partial charge >= 0.3 is 0 Å². The van der Waals surface area contributed by atoms with Crippen LogP contribution in [0, 0.1) is 12.3 Å². The number of hydrogen-bond donors (Lipinski definition) is 5. The van der Waals surface area contributed by atoms with Crippen LogP contribution in [-0.4, -0.2) is 61.2 Å². The average molecular weight is 422 g/mol. The van der Waals surface area contributed by atoms with E-state index in [1.54, 1.807) is 39.8 Å². The van der Waals surface area contributed by atoms with E-state index in [-0.39, 0.29) is 5.91 Å². The molecule has 11 nitrogen and oxygen atoms in total. The summed E-state index contributed by atoms with van der Waals surface area (Å²) in [6.45, 7) is 7.07. The molecular formula is C16H38ClN10O+. The number of carbonyl (C=O) groups excluding carboxylic acids is 1. The summed E-state index contributed by atoms with van der Waals surface area (Å²) in [5, 5.41) is 12.9. The highest BCUT2D eigenvalue weighted by Crippen LogP contribution is 1.76. The molecule has 0 saturated heterocycles. The lowest BCUT2D eigenvalue weighted by Crippen LogP contribution is -2.31. The Kier molecular flexibility index (Phi) is 28.9. The van der Waals surface area contributed by atoms with E-state index in [0.717, 1.165) is 18.0 Å². The van der Waals surface area contributed by atoms with Gasteiger partial charge in [0.05, 0.1) is 25.6 Å². The number of aryl methyl sites for hydroxylation is 3. The number of nitrogens with one attached hydrogen (secondary N) is 4. The zero-order valence-corrected chi connectivity index (χ0v) is 19.5. The van der Waals surface area contributed by atoms with Crippen molar-refractivity contribution in [2.75, 3.05) is 28.2 Å². The molecule has 0 saturated carbocycles. The van der Waals surface area contributed by atoms with Gasteiger partial charge in [-0.1, -0.05) is 11.6 Å². The first kappa shape index (κ1) is 33.1. The van der Waals surface area contributed by atoms with Crippen molar-refractivity contribution in [3.63, 3.8) is 0 Å². The van der Waals surface area contributed by atoms with Gasteiger partial charge in [0.15, 0.2) is 0 Å². The fraction of sp³-hybridized carbons (Fsp3) is 0.625. The van der Waals surface area contributed by atoms with Gasteiger partial charge in [0.2, 0.25) is 12.2 Å². The van der Waals surface area contributed by atoms with Crippen LogP contribution in [0.3, 0.4) is 0 Å². The van der Waals surface area contributed by atoms with Crippen molar-refractivity contribution in [3.8, 4) is 0 Å². The van der Waals surface area contributed by atoms with Crippen LogP contribution in [0.25, 0.3) is 0 Å². The van der Waals surface area contributed by atoms with Crippen molar-refractivity contribution >= 4 is 34.9 Å². The van der Waals surface area contributed by atoms with Crippen molar-refractivity contribution in [3.05, 3.63) is 12.2 Å². The molecule has 6 N–H and O–H groups in total. The van der Waals surface area contributed by atoms with Crippen LogP contribution in [0.15, 0.2) is 16.3 Å². The smallest absolute Gasteiger partial charge is 0.274 e. The monoisotopic (exact) mass is 421 g/mol. The zero-order chi connectivity index (χ0) is 23.1. The Morgan fingerprint density at radius 3 is 1.79 bits per heavy atom. The van der Waals surface area contributed by atoms with Gasteiger partial charge in [-0.05, 0) is 13.8 Å². The van der Waals surface area contributed by atoms with E-state index in [9.17, 15) is 4.79 Å². The van der Waals surface area contributed by atoms with Crippen LogP contribution in [0.2, 0.25) is 0 Å². The van der Waals surface area contributed by atoms with E-state index < -0.39 is 0 Å². The van der Waals surface area contributed by atoms with Crippen LogP contribution in [-0.2, 0) is 18.9 Å². The van der Waals surface area contributed by atoms with Gasteiger partial charge in [0.25, 0.3) is 5.82 Å². The predicted molar refractivity (Wildman–Crippen MR) is 118 cm³/mol. The molecule has 1 aromatic rings. The van der Waals surface area contributed by atoms with Crippen molar-refractivity contribution < 1.29 is 9.36 Å². The molecule has 28 heavy (non-hydrogen) atoms. The summed E-state index contributed by atoms with van der Waals surface area (Å²) in [4.78, 5) is 17.1. The number of nitrogens with zero attached hydrogens (tertiary/aromatic N) is 5. The van der Waals surface area contributed by atoms with Gasteiger partial charge in [-0.25, -0.2) is 9.99 Å². The number of amides is 1. The molecule has 0 fully saturated rings. The Balaban J connectivity index is -0.000000134. The highest BCUT2D eigenvalue weighted by molar-refractivity contribution is 6.64. The van der Waals surface area contributed by atoms with E-state index >= 15 is 0 Å². The molecule has 12 heteroatoms. The molecule has 1 rings (SSSR count). The van der Waals surface area contributed by atoms with Gasteiger partial charge in [-0.3, -0.25) is 20.2 Å². The Morgan fingerprint density at radius 2 is 1.71 bits per heavy atom. The molecule has 0 radical (unpaired) electrons. The van der Waals surface area contributed by atoms with Crippen molar-refractivity contribution in [1.29, 1.82) is 5.41 Å². The lowest BCUT2D eigenvalue weighted by Gasteiger charge is -1.98. The summed E-state index contributed by atoms with van der Waals surface area (Å²) in [7, 11) is 10.7. The summed E-state index contributed by atoms with van der Waals surface area (Å²) in [5.41, 5.74) is 9.92. The van der Waals surface area contributed by atoms with E-state index in [0.29, 0.717) is 5.17 Å². The number of halogens is 1. The first-order valence-electron chi connectivity index (χ1n) is 8.16. The van der Waals surface area contributed by atoms with Gasteiger partial charge in [0.1, 0.15) is 5.84 Å². The van der Waals surface area contributed by atoms with E-state index in [1.165, 1.54) is 6.92 Å². The summed E-state index contributed by atoms with van der Waals surface area (Å²) in [6.07, 6.45) is 2.68. The number of nitrogens with two attached hydrogens (primary N) is 1. The number of amidine groups is 1. The predicted octanol–water partition coefficient (Wildman–Crippen LogP) is -0.111. The molecule has 0 bridgehead atoms. The maximum Gasteiger partial charge on any atom is 0.274 e. The second-order valence-electron chi connectivity index (χ2n) is 4.82. The Morgan fingerprint density at radius 1 is 1.32 bits per heavy atom. The van der Waals surface area contributed by atoms with Crippen molar-refractivity contribution in [2.45, 2.75) is 27.7 Å². The Hall–Kier alpha value is -2.53. The molecular weight excluding hydrogens is 384 g/mol. The zero-order valence-electron chi connectivity index (χ0n) is 18.8. The third-order valence-corrected chi connectivity index (χ3v) is 2.62. The number of aromatic nitrogens is 3. The minimum absolute atomic E-state index is 0.00463. The molecule has 0 aliphatic rings. The first-order valence-corrected chi connectivity index (χ1v) is 8.54. The number of rotatable bonds is 1. The molecule has 1 amide bonds. The third kappa shape index (κ3) is 34.7. The minimum Gasteiger partial charge on any atom is -0.390 e. The molecule has 0 aliphatic heterocycles. The number of carbonyl (C=O) groups is 1. The lowest BCUT2D eigenvalue weighted by molar-refractivity contribution is -0.678. The van der Waals surface area contributed by atoms with Crippen LogP contribution in [0.4, 0.5) is 0 Å². The van der Waals surface area contributed by atoms with Crippen molar-refractivity contribution in [1.82, 2.24) is 25.9 Å². The minimum atomic E-state index is 0.00463. The van der Waals surface area contributed by atoms with Crippen molar-refractivity contribution in [2.24, 2.45) is 29.8 Å². The molecule has 0 aliphatic carbocycles. The van der Waals surface area contributed by atoms with Crippen LogP contribution in [0.5, 0.6) is 0 Å². The Bertz CT molecular complexity index is 546. The molecule has 0 spiro atoms. The quantitative estimate of drug-likeness (QED) is 0.185.